The lowest BCUT2D eigenvalue weighted by atomic mass is 10.0. The van der Waals surface area contributed by atoms with E-state index >= 15 is 0 Å². The number of rotatable bonds is 6. The summed E-state index contributed by atoms with van der Waals surface area (Å²) in [6.45, 7) is 7.79. The normalized spacial score (nSPS) is 21.6. The predicted molar refractivity (Wildman–Crippen MR) is 155 cm³/mol. The molecule has 11 heteroatoms. The van der Waals surface area contributed by atoms with Crippen molar-refractivity contribution in [2.45, 2.75) is 51.7 Å². The summed E-state index contributed by atoms with van der Waals surface area (Å²) in [5.41, 5.74) is 8.46. The largest absolute Gasteiger partial charge is 0.465 e. The molecule has 0 unspecified atom stereocenters. The topological polar surface area (TPSA) is 137 Å². The zero-order valence-corrected chi connectivity index (χ0v) is 23.4. The number of hydrogen-bond donors (Lipinski definition) is 3. The number of hydrogen-bond acceptors (Lipinski definition) is 8. The maximum atomic E-state index is 13.7. The number of carboxylic acid groups (broad SMARTS) is 1. The van der Waals surface area contributed by atoms with Crippen LogP contribution in [0.15, 0.2) is 36.4 Å². The summed E-state index contributed by atoms with van der Waals surface area (Å²) < 4.78 is 6.08. The molecule has 2 saturated heterocycles. The molecule has 2 aromatic carbocycles. The Labute approximate surface area is 233 Å². The number of nitrogen functional groups attached to an aromatic ring is 1. The smallest absolute Gasteiger partial charge is 0.407 e. The van der Waals surface area contributed by atoms with Gasteiger partial charge in [0, 0.05) is 42.3 Å². The zero-order valence-electron chi connectivity index (χ0n) is 23.4. The summed E-state index contributed by atoms with van der Waals surface area (Å²) in [4.78, 5) is 40.1. The molecule has 3 atom stereocenters. The Morgan fingerprint density at radius 3 is 2.48 bits per heavy atom. The Bertz CT molecular complexity index is 1410. The van der Waals surface area contributed by atoms with Gasteiger partial charge in [0.15, 0.2) is 11.5 Å². The average Bonchev–Trinajstić information content (AvgIpc) is 3.32. The minimum atomic E-state index is -0.968. The fourth-order valence-electron chi connectivity index (χ4n) is 5.94. The molecule has 1 aromatic heterocycles. The van der Waals surface area contributed by atoms with Crippen LogP contribution in [-0.2, 0) is 0 Å². The first-order valence-corrected chi connectivity index (χ1v) is 13.7. The van der Waals surface area contributed by atoms with E-state index in [1.165, 1.54) is 4.90 Å². The van der Waals surface area contributed by atoms with Gasteiger partial charge in [-0.1, -0.05) is 30.3 Å². The van der Waals surface area contributed by atoms with Crippen LogP contribution < -0.4 is 20.7 Å². The first-order chi connectivity index (χ1) is 19.1. The minimum absolute atomic E-state index is 0.0189. The lowest BCUT2D eigenvalue weighted by Gasteiger charge is -2.44. The van der Waals surface area contributed by atoms with Gasteiger partial charge in [-0.2, -0.15) is 9.97 Å². The van der Waals surface area contributed by atoms with E-state index in [1.807, 2.05) is 62.1 Å². The molecule has 0 bridgehead atoms. The summed E-state index contributed by atoms with van der Waals surface area (Å²) in [6.07, 6.45) is 1.14. The van der Waals surface area contributed by atoms with Crippen molar-refractivity contribution in [1.82, 2.24) is 19.8 Å². The number of ether oxygens (including phenoxy) is 1. The Kier molecular flexibility index (Phi) is 7.66. The maximum absolute atomic E-state index is 13.7. The molecule has 3 aromatic rings. The number of amides is 2. The highest BCUT2D eigenvalue weighted by molar-refractivity contribution is 6.12. The fraction of sp³-hybridized carbons (Fsp3) is 0.448. The summed E-state index contributed by atoms with van der Waals surface area (Å²) >= 11 is 0. The van der Waals surface area contributed by atoms with Gasteiger partial charge >= 0.3 is 12.1 Å². The van der Waals surface area contributed by atoms with Crippen molar-refractivity contribution in [3.05, 3.63) is 47.7 Å². The van der Waals surface area contributed by atoms with E-state index in [-0.39, 0.29) is 48.6 Å². The van der Waals surface area contributed by atoms with Crippen molar-refractivity contribution >= 4 is 40.0 Å². The number of benzene rings is 2. The SMILES string of the molecule is Cc1cccc2cccc(NC(=O)c3nc(OC[C@@H]4CCCN4C)nc(N4[C@@H](C)CN(C(=O)O)C[C@@H]4C)c3N)c12. The number of anilines is 3. The Balaban J connectivity index is 1.51. The second-order valence-corrected chi connectivity index (χ2v) is 10.9. The van der Waals surface area contributed by atoms with Crippen LogP contribution in [0.3, 0.4) is 0 Å². The molecule has 212 valence electrons. The van der Waals surface area contributed by atoms with E-state index in [0.717, 1.165) is 35.7 Å². The number of aromatic nitrogens is 2. The molecule has 2 aliphatic rings. The number of aryl methyl sites for hydroxylation is 1. The van der Waals surface area contributed by atoms with Crippen molar-refractivity contribution in [3.63, 3.8) is 0 Å². The van der Waals surface area contributed by atoms with Gasteiger partial charge in [-0.25, -0.2) is 4.79 Å². The zero-order chi connectivity index (χ0) is 28.6. The third kappa shape index (κ3) is 5.33. The number of carbonyl (C=O) groups excluding carboxylic acids is 1. The van der Waals surface area contributed by atoms with E-state index in [1.54, 1.807) is 0 Å². The molecule has 5 rings (SSSR count). The summed E-state index contributed by atoms with van der Waals surface area (Å²) in [6, 6.07) is 11.6. The molecule has 2 aliphatic heterocycles. The first-order valence-electron chi connectivity index (χ1n) is 13.7. The molecule has 0 saturated carbocycles. The highest BCUT2D eigenvalue weighted by Crippen LogP contribution is 2.33. The van der Waals surface area contributed by atoms with Crippen LogP contribution in [0, 0.1) is 6.92 Å². The quantitative estimate of drug-likeness (QED) is 0.420. The van der Waals surface area contributed by atoms with Gasteiger partial charge in [0.1, 0.15) is 12.3 Å². The summed E-state index contributed by atoms with van der Waals surface area (Å²) in [5.74, 6) is -0.0988. The monoisotopic (exact) mass is 547 g/mol. The van der Waals surface area contributed by atoms with E-state index < -0.39 is 12.0 Å². The van der Waals surface area contributed by atoms with Crippen LogP contribution in [0.2, 0.25) is 0 Å². The van der Waals surface area contributed by atoms with E-state index in [4.69, 9.17) is 10.5 Å². The van der Waals surface area contributed by atoms with Crippen LogP contribution in [0.25, 0.3) is 10.8 Å². The number of nitrogens with one attached hydrogen (secondary N) is 1. The molecule has 4 N–H and O–H groups in total. The highest BCUT2D eigenvalue weighted by atomic mass is 16.5. The molecule has 40 heavy (non-hydrogen) atoms. The molecular formula is C29H37N7O4. The molecule has 3 heterocycles. The van der Waals surface area contributed by atoms with Crippen LogP contribution in [-0.4, -0.2) is 88.3 Å². The average molecular weight is 548 g/mol. The van der Waals surface area contributed by atoms with Gasteiger partial charge in [0.2, 0.25) is 0 Å². The molecule has 2 fully saturated rings. The maximum Gasteiger partial charge on any atom is 0.407 e. The standard InChI is InChI=1S/C29H37N7O4/c1-17-8-5-9-20-10-6-12-22(23(17)20)31-27(37)25-24(30)26(36-18(2)14-35(29(38)39)15-19(36)3)33-28(32-25)40-16-21-11-7-13-34(21)4/h5-6,8-10,12,18-19,21H,7,11,13-16,30H2,1-4H3,(H,31,37)(H,38,39)/t18-,19-,21-/m0/s1. The Hall–Kier alpha value is -4.12. The lowest BCUT2D eigenvalue weighted by Crippen LogP contribution is -2.58. The number of nitrogens with zero attached hydrogens (tertiary/aromatic N) is 5. The van der Waals surface area contributed by atoms with E-state index in [9.17, 15) is 14.7 Å². The molecule has 0 spiro atoms. The van der Waals surface area contributed by atoms with Gasteiger partial charge in [-0.15, -0.1) is 0 Å². The molecule has 2 amide bonds. The van der Waals surface area contributed by atoms with Gasteiger partial charge in [-0.3, -0.25) is 4.79 Å². The van der Waals surface area contributed by atoms with E-state index in [0.29, 0.717) is 18.1 Å². The Morgan fingerprint density at radius 1 is 1.12 bits per heavy atom. The molecule has 0 aliphatic carbocycles. The summed E-state index contributed by atoms with van der Waals surface area (Å²) in [7, 11) is 2.06. The van der Waals surface area contributed by atoms with Crippen molar-refractivity contribution in [1.29, 1.82) is 0 Å². The molecule has 0 radical (unpaired) electrons. The van der Waals surface area contributed by atoms with Crippen molar-refractivity contribution < 1.29 is 19.4 Å². The third-order valence-electron chi connectivity index (χ3n) is 7.99. The second kappa shape index (κ2) is 11.2. The number of likely N-dealkylation sites (tertiary alicyclic amines) is 1. The van der Waals surface area contributed by atoms with Gasteiger partial charge in [0.05, 0.1) is 0 Å². The van der Waals surface area contributed by atoms with Crippen LogP contribution in [0.5, 0.6) is 6.01 Å². The first kappa shape index (κ1) is 27.4. The minimum Gasteiger partial charge on any atom is -0.465 e. The van der Waals surface area contributed by atoms with Crippen LogP contribution in [0.1, 0.15) is 42.7 Å². The predicted octanol–water partition coefficient (Wildman–Crippen LogP) is 3.82. The number of nitrogens with two attached hydrogens (primary N) is 1. The third-order valence-corrected chi connectivity index (χ3v) is 7.99. The van der Waals surface area contributed by atoms with Gasteiger partial charge in [-0.05, 0) is 64.2 Å². The fourth-order valence-corrected chi connectivity index (χ4v) is 5.94. The van der Waals surface area contributed by atoms with Crippen LogP contribution in [0.4, 0.5) is 22.0 Å². The number of carbonyl (C=O) groups is 2. The number of likely N-dealkylation sites (N-methyl/N-ethyl adjacent to an activating group) is 1. The highest BCUT2D eigenvalue weighted by Gasteiger charge is 2.35. The van der Waals surface area contributed by atoms with Gasteiger partial charge < -0.3 is 35.6 Å². The second-order valence-electron chi connectivity index (χ2n) is 10.9. The van der Waals surface area contributed by atoms with Gasteiger partial charge in [0.25, 0.3) is 5.91 Å². The molecular weight excluding hydrogens is 510 g/mol. The summed E-state index contributed by atoms with van der Waals surface area (Å²) in [5, 5.41) is 14.5. The van der Waals surface area contributed by atoms with Crippen molar-refractivity contribution in [2.75, 3.05) is 49.2 Å². The number of fused-ring (bicyclic) bond motifs is 1. The molecule has 11 nitrogen and oxygen atoms in total. The number of piperazine rings is 1. The van der Waals surface area contributed by atoms with Crippen molar-refractivity contribution in [3.8, 4) is 6.01 Å². The Morgan fingerprint density at radius 2 is 1.82 bits per heavy atom. The van der Waals surface area contributed by atoms with Crippen molar-refractivity contribution in [2.24, 2.45) is 0 Å². The van der Waals surface area contributed by atoms with E-state index in [2.05, 4.69) is 27.2 Å². The lowest BCUT2D eigenvalue weighted by molar-refractivity contribution is 0.102. The van der Waals surface area contributed by atoms with Crippen LogP contribution >= 0.6 is 0 Å².